The van der Waals surface area contributed by atoms with Crippen molar-refractivity contribution in [3.8, 4) is 11.8 Å². The minimum absolute atomic E-state index is 0.244. The second-order valence-electron chi connectivity index (χ2n) is 7.59. The Morgan fingerprint density at radius 1 is 1.13 bits per heavy atom. The minimum atomic E-state index is -0.244. The third-order valence-corrected chi connectivity index (χ3v) is 5.61. The maximum atomic E-state index is 12.4. The number of nitrogens with one attached hydrogen (secondary N) is 2. The molecule has 1 saturated heterocycles. The fourth-order valence-corrected chi connectivity index (χ4v) is 4.00. The number of likely N-dealkylation sites (tertiary alicyclic amines) is 1. The standard InChI is InChI=1S/C24H20ClN5O/c25-17-8-9-19-21(14-17)28-23(31)20-15-26-24(29-22(19)20)27-18-7-3-5-16(13-18)6-4-12-30-10-1-2-11-30/h3,5,7-9,13-15H,1-2,10-12H2,(H,28,31)(H,26,27,29). The number of hydrogen-bond donors (Lipinski definition) is 2. The fourth-order valence-electron chi connectivity index (χ4n) is 3.83. The van der Waals surface area contributed by atoms with E-state index in [4.69, 9.17) is 11.6 Å². The Morgan fingerprint density at radius 2 is 2.00 bits per heavy atom. The highest BCUT2D eigenvalue weighted by molar-refractivity contribution is 6.31. The van der Waals surface area contributed by atoms with Gasteiger partial charge in [-0.3, -0.25) is 9.69 Å². The minimum Gasteiger partial charge on any atom is -0.324 e. The lowest BCUT2D eigenvalue weighted by Crippen LogP contribution is -2.18. The SMILES string of the molecule is O=c1[nH]c2cc(Cl)ccc2c2nc(Nc3cccc(C#CCN4CCCC4)c3)ncc12. The molecule has 154 valence electrons. The third kappa shape index (κ3) is 4.24. The van der Waals surface area contributed by atoms with E-state index in [1.807, 2.05) is 30.3 Å². The van der Waals surface area contributed by atoms with E-state index in [1.165, 1.54) is 19.0 Å². The average molecular weight is 430 g/mol. The Bertz CT molecular complexity index is 1400. The van der Waals surface area contributed by atoms with Gasteiger partial charge in [0.25, 0.3) is 5.56 Å². The summed E-state index contributed by atoms with van der Waals surface area (Å²) in [6.45, 7) is 3.08. The van der Waals surface area contributed by atoms with Crippen LogP contribution in [0.4, 0.5) is 11.6 Å². The van der Waals surface area contributed by atoms with E-state index < -0.39 is 0 Å². The van der Waals surface area contributed by atoms with E-state index in [1.54, 1.807) is 12.1 Å². The molecule has 0 bridgehead atoms. The van der Waals surface area contributed by atoms with E-state index in [2.05, 4.69) is 37.0 Å². The van der Waals surface area contributed by atoms with Gasteiger partial charge in [0.15, 0.2) is 0 Å². The van der Waals surface area contributed by atoms with E-state index in [0.717, 1.165) is 36.3 Å². The molecule has 5 rings (SSSR count). The lowest BCUT2D eigenvalue weighted by atomic mass is 10.1. The monoisotopic (exact) mass is 429 g/mol. The number of rotatable bonds is 3. The van der Waals surface area contributed by atoms with Crippen LogP contribution in [0.1, 0.15) is 18.4 Å². The van der Waals surface area contributed by atoms with Crippen LogP contribution in [0.5, 0.6) is 0 Å². The summed E-state index contributed by atoms with van der Waals surface area (Å²) in [4.78, 5) is 26.5. The van der Waals surface area contributed by atoms with E-state index in [0.29, 0.717) is 27.4 Å². The molecule has 3 heterocycles. The quantitative estimate of drug-likeness (QED) is 0.375. The number of benzene rings is 2. The van der Waals surface area contributed by atoms with Crippen LogP contribution in [0, 0.1) is 11.8 Å². The summed E-state index contributed by atoms with van der Waals surface area (Å²) in [6, 6.07) is 13.2. The summed E-state index contributed by atoms with van der Waals surface area (Å²) in [6.07, 6.45) is 4.07. The molecule has 0 atom stereocenters. The zero-order chi connectivity index (χ0) is 21.2. The van der Waals surface area contributed by atoms with Crippen LogP contribution in [-0.2, 0) is 0 Å². The van der Waals surface area contributed by atoms with Crippen molar-refractivity contribution in [3.05, 3.63) is 69.6 Å². The van der Waals surface area contributed by atoms with Gasteiger partial charge in [-0.25, -0.2) is 9.97 Å². The first kappa shape index (κ1) is 19.6. The number of nitrogens with zero attached hydrogens (tertiary/aromatic N) is 3. The molecule has 2 aromatic carbocycles. The van der Waals surface area contributed by atoms with Gasteiger partial charge in [-0.2, -0.15) is 0 Å². The van der Waals surface area contributed by atoms with Crippen molar-refractivity contribution in [2.75, 3.05) is 25.0 Å². The largest absolute Gasteiger partial charge is 0.324 e. The molecule has 0 unspecified atom stereocenters. The van der Waals surface area contributed by atoms with Crippen LogP contribution < -0.4 is 10.9 Å². The summed E-state index contributed by atoms with van der Waals surface area (Å²) >= 11 is 6.07. The molecule has 2 aromatic heterocycles. The normalized spacial score (nSPS) is 14.0. The van der Waals surface area contributed by atoms with Crippen molar-refractivity contribution in [2.45, 2.75) is 12.8 Å². The summed E-state index contributed by atoms with van der Waals surface area (Å²) in [5.74, 6) is 6.90. The molecule has 1 fully saturated rings. The summed E-state index contributed by atoms with van der Waals surface area (Å²) in [7, 11) is 0. The number of fused-ring (bicyclic) bond motifs is 3. The number of anilines is 2. The number of halogens is 1. The van der Waals surface area contributed by atoms with Crippen molar-refractivity contribution in [2.24, 2.45) is 0 Å². The number of aromatic nitrogens is 3. The molecule has 7 heteroatoms. The molecule has 4 aromatic rings. The van der Waals surface area contributed by atoms with Gasteiger partial charge in [-0.05, 0) is 62.3 Å². The lowest BCUT2D eigenvalue weighted by Gasteiger charge is -2.09. The fraction of sp³-hybridized carbons (Fsp3) is 0.208. The first-order valence-corrected chi connectivity index (χ1v) is 10.6. The first-order chi connectivity index (χ1) is 15.2. The Morgan fingerprint density at radius 3 is 2.87 bits per heavy atom. The number of pyridine rings is 1. The maximum Gasteiger partial charge on any atom is 0.259 e. The van der Waals surface area contributed by atoms with Crippen molar-refractivity contribution < 1.29 is 0 Å². The molecular weight excluding hydrogens is 410 g/mol. The van der Waals surface area contributed by atoms with Crippen molar-refractivity contribution in [1.29, 1.82) is 0 Å². The predicted octanol–water partition coefficient (Wildman–Crippen LogP) is 4.32. The van der Waals surface area contributed by atoms with E-state index in [9.17, 15) is 4.79 Å². The zero-order valence-electron chi connectivity index (χ0n) is 16.8. The van der Waals surface area contributed by atoms with Gasteiger partial charge in [0, 0.05) is 27.9 Å². The molecule has 0 aliphatic carbocycles. The average Bonchev–Trinajstić information content (AvgIpc) is 3.27. The molecule has 2 N–H and O–H groups in total. The third-order valence-electron chi connectivity index (χ3n) is 5.37. The summed E-state index contributed by atoms with van der Waals surface area (Å²) < 4.78 is 0. The zero-order valence-corrected chi connectivity index (χ0v) is 17.5. The first-order valence-electron chi connectivity index (χ1n) is 10.2. The molecule has 31 heavy (non-hydrogen) atoms. The van der Waals surface area contributed by atoms with Gasteiger partial charge in [-0.15, -0.1) is 0 Å². The van der Waals surface area contributed by atoms with Crippen LogP contribution >= 0.6 is 11.6 Å². The van der Waals surface area contributed by atoms with Crippen molar-refractivity contribution >= 4 is 45.0 Å². The Labute approximate surface area is 184 Å². The van der Waals surface area contributed by atoms with Gasteiger partial charge in [-0.1, -0.05) is 29.5 Å². The molecule has 0 saturated carbocycles. The number of H-pyrrole nitrogens is 1. The highest BCUT2D eigenvalue weighted by Gasteiger charge is 2.10. The summed E-state index contributed by atoms with van der Waals surface area (Å²) in [5, 5.41) is 5.02. The van der Waals surface area contributed by atoms with Gasteiger partial charge < -0.3 is 10.3 Å². The Hall–Kier alpha value is -3.40. The maximum absolute atomic E-state index is 12.4. The van der Waals surface area contributed by atoms with Crippen LogP contribution in [0.2, 0.25) is 5.02 Å². The Balaban J connectivity index is 1.43. The smallest absolute Gasteiger partial charge is 0.259 e. The molecule has 0 spiro atoms. The molecule has 0 radical (unpaired) electrons. The van der Waals surface area contributed by atoms with Crippen molar-refractivity contribution in [1.82, 2.24) is 19.9 Å². The second-order valence-corrected chi connectivity index (χ2v) is 8.03. The number of aromatic amines is 1. The van der Waals surface area contributed by atoms with Crippen molar-refractivity contribution in [3.63, 3.8) is 0 Å². The molecular formula is C24H20ClN5O. The highest BCUT2D eigenvalue weighted by atomic mass is 35.5. The topological polar surface area (TPSA) is 73.9 Å². The molecule has 1 aliphatic heterocycles. The van der Waals surface area contributed by atoms with Crippen LogP contribution in [0.25, 0.3) is 21.8 Å². The van der Waals surface area contributed by atoms with E-state index in [-0.39, 0.29) is 5.56 Å². The van der Waals surface area contributed by atoms with Crippen LogP contribution in [-0.4, -0.2) is 39.5 Å². The second kappa shape index (κ2) is 8.38. The summed E-state index contributed by atoms with van der Waals surface area (Å²) in [5.41, 5.74) is 2.75. The van der Waals surface area contributed by atoms with E-state index >= 15 is 0 Å². The van der Waals surface area contributed by atoms with Gasteiger partial charge >= 0.3 is 0 Å². The molecule has 0 amide bonds. The van der Waals surface area contributed by atoms with Gasteiger partial charge in [0.05, 0.1) is 23.0 Å². The van der Waals surface area contributed by atoms with Crippen LogP contribution in [0.3, 0.4) is 0 Å². The molecule has 6 nitrogen and oxygen atoms in total. The van der Waals surface area contributed by atoms with Gasteiger partial charge in [0.1, 0.15) is 0 Å². The lowest BCUT2D eigenvalue weighted by molar-refractivity contribution is 0.383. The molecule has 1 aliphatic rings. The highest BCUT2D eigenvalue weighted by Crippen LogP contribution is 2.24. The number of hydrogen-bond acceptors (Lipinski definition) is 5. The van der Waals surface area contributed by atoms with Crippen LogP contribution in [0.15, 0.2) is 53.5 Å². The Kier molecular flexibility index (Phi) is 5.29. The van der Waals surface area contributed by atoms with Gasteiger partial charge in [0.2, 0.25) is 5.95 Å². The predicted molar refractivity (Wildman–Crippen MR) is 125 cm³/mol.